The van der Waals surface area contributed by atoms with Crippen LogP contribution in [0.15, 0.2) is 59.9 Å². The Bertz CT molecular complexity index is 1150. The maximum Gasteiger partial charge on any atom is 0.238 e. The van der Waals surface area contributed by atoms with Gasteiger partial charge in [0, 0.05) is 11.5 Å². The average Bonchev–Trinajstić information content (AvgIpc) is 3.23. The number of nitrogens with zero attached hydrogens (tertiary/aromatic N) is 2. The molecule has 0 unspecified atom stereocenters. The van der Waals surface area contributed by atoms with E-state index < -0.39 is 16.1 Å². The summed E-state index contributed by atoms with van der Waals surface area (Å²) < 4.78 is 25.6. The van der Waals surface area contributed by atoms with Gasteiger partial charge in [0.25, 0.3) is 0 Å². The molecule has 2 heterocycles. The molecular formula is C20H19N3O3S. The van der Waals surface area contributed by atoms with E-state index in [2.05, 4.69) is 21.7 Å². The summed E-state index contributed by atoms with van der Waals surface area (Å²) in [4.78, 5) is 4.33. The summed E-state index contributed by atoms with van der Waals surface area (Å²) in [5.74, 6) is -0.0789. The van der Waals surface area contributed by atoms with Crippen molar-refractivity contribution in [2.45, 2.75) is 29.9 Å². The lowest BCUT2D eigenvalue weighted by Gasteiger charge is -2.35. The van der Waals surface area contributed by atoms with Gasteiger partial charge >= 0.3 is 0 Å². The maximum atomic E-state index is 11.7. The number of primary sulfonamides is 1. The van der Waals surface area contributed by atoms with Gasteiger partial charge < -0.3 is 9.67 Å². The van der Waals surface area contributed by atoms with Crippen LogP contribution in [-0.4, -0.2) is 23.1 Å². The van der Waals surface area contributed by atoms with Crippen LogP contribution < -0.4 is 5.14 Å². The first-order valence-corrected chi connectivity index (χ1v) is 10.4. The van der Waals surface area contributed by atoms with Gasteiger partial charge in [0.05, 0.1) is 35.3 Å². The van der Waals surface area contributed by atoms with Crippen LogP contribution in [0, 0.1) is 5.92 Å². The molecule has 1 aromatic heterocycles. The zero-order valence-electron chi connectivity index (χ0n) is 14.5. The van der Waals surface area contributed by atoms with E-state index in [4.69, 9.17) is 5.14 Å². The smallest absolute Gasteiger partial charge is 0.238 e. The maximum absolute atomic E-state index is 11.7. The standard InChI is InChI=1S/C20H19N3O3S/c21-27(25,26)13-7-5-12-6-8-16(20(24)17(12)9-13)19-15-4-2-1-3-14(15)18-10-22-11-23(18)19/h1-5,7,9-11,16,19-20,24H,6,8H2,(H2,21,25,26)/t16-,19+,20+/m1/s1. The first kappa shape index (κ1) is 16.7. The molecule has 3 N–H and O–H groups in total. The Balaban J connectivity index is 1.61. The number of aliphatic hydroxyl groups excluding tert-OH is 1. The van der Waals surface area contributed by atoms with Gasteiger partial charge in [0.15, 0.2) is 0 Å². The Morgan fingerprint density at radius 2 is 1.96 bits per heavy atom. The van der Waals surface area contributed by atoms with Crippen LogP contribution in [0.25, 0.3) is 11.3 Å². The SMILES string of the molecule is NS(=O)(=O)c1ccc2c(c1)[C@@H](O)[C@@H]([C@@H]1c3ccccc3-c3cncn31)CC2. The minimum Gasteiger partial charge on any atom is -0.388 e. The van der Waals surface area contributed by atoms with Crippen molar-refractivity contribution in [3.63, 3.8) is 0 Å². The number of nitrogens with two attached hydrogens (primary N) is 1. The van der Waals surface area contributed by atoms with E-state index in [1.54, 1.807) is 6.07 Å². The lowest BCUT2D eigenvalue weighted by Crippen LogP contribution is -2.29. The number of aryl methyl sites for hydroxylation is 1. The monoisotopic (exact) mass is 381 g/mol. The van der Waals surface area contributed by atoms with Crippen LogP contribution in [0.3, 0.4) is 0 Å². The van der Waals surface area contributed by atoms with Crippen LogP contribution >= 0.6 is 0 Å². The minimum atomic E-state index is -3.81. The summed E-state index contributed by atoms with van der Waals surface area (Å²) in [5, 5.41) is 16.5. The summed E-state index contributed by atoms with van der Waals surface area (Å²) in [5.41, 5.74) is 4.99. The number of aromatic nitrogens is 2. The van der Waals surface area contributed by atoms with E-state index in [9.17, 15) is 13.5 Å². The van der Waals surface area contributed by atoms with Crippen molar-refractivity contribution in [1.29, 1.82) is 0 Å². The predicted molar refractivity (Wildman–Crippen MR) is 100 cm³/mol. The second kappa shape index (κ2) is 5.76. The number of aliphatic hydroxyl groups is 1. The van der Waals surface area contributed by atoms with E-state index in [1.807, 2.05) is 24.7 Å². The second-order valence-electron chi connectivity index (χ2n) is 7.27. The van der Waals surface area contributed by atoms with Crippen molar-refractivity contribution in [3.8, 4) is 11.3 Å². The number of hydrogen-bond acceptors (Lipinski definition) is 4. The molecule has 0 saturated heterocycles. The van der Waals surface area contributed by atoms with Gasteiger partial charge in [-0.05, 0) is 41.7 Å². The van der Waals surface area contributed by atoms with Crippen molar-refractivity contribution in [1.82, 2.24) is 9.55 Å². The van der Waals surface area contributed by atoms with Crippen LogP contribution in [-0.2, 0) is 16.4 Å². The van der Waals surface area contributed by atoms with Crippen molar-refractivity contribution in [2.75, 3.05) is 0 Å². The predicted octanol–water partition coefficient (Wildman–Crippen LogP) is 2.40. The van der Waals surface area contributed by atoms with E-state index in [-0.39, 0.29) is 16.9 Å². The molecule has 7 heteroatoms. The van der Waals surface area contributed by atoms with E-state index in [0.717, 1.165) is 29.7 Å². The molecule has 2 aromatic carbocycles. The molecule has 2 aliphatic rings. The lowest BCUT2D eigenvalue weighted by atomic mass is 9.76. The van der Waals surface area contributed by atoms with E-state index >= 15 is 0 Å². The molecule has 0 amide bonds. The lowest BCUT2D eigenvalue weighted by molar-refractivity contribution is 0.0718. The minimum absolute atomic E-state index is 0.0278. The van der Waals surface area contributed by atoms with E-state index in [1.165, 1.54) is 17.7 Å². The third kappa shape index (κ3) is 2.46. The molecule has 6 nitrogen and oxygen atoms in total. The van der Waals surface area contributed by atoms with Crippen LogP contribution in [0.4, 0.5) is 0 Å². The molecule has 0 saturated carbocycles. The Morgan fingerprint density at radius 3 is 2.78 bits per heavy atom. The largest absolute Gasteiger partial charge is 0.388 e. The third-order valence-electron chi connectivity index (χ3n) is 5.84. The zero-order valence-corrected chi connectivity index (χ0v) is 15.3. The fourth-order valence-corrected chi connectivity index (χ4v) is 5.15. The Labute approximate surface area is 157 Å². The van der Waals surface area contributed by atoms with Gasteiger partial charge in [-0.2, -0.15) is 0 Å². The molecule has 5 rings (SSSR count). The number of sulfonamides is 1. The van der Waals surface area contributed by atoms with Crippen molar-refractivity contribution < 1.29 is 13.5 Å². The quantitative estimate of drug-likeness (QED) is 0.712. The number of hydrogen-bond donors (Lipinski definition) is 2. The summed E-state index contributed by atoms with van der Waals surface area (Å²) >= 11 is 0. The average molecular weight is 381 g/mol. The zero-order chi connectivity index (χ0) is 18.8. The Morgan fingerprint density at radius 1 is 1.15 bits per heavy atom. The molecule has 0 fully saturated rings. The van der Waals surface area contributed by atoms with Gasteiger partial charge in [0.2, 0.25) is 10.0 Å². The van der Waals surface area contributed by atoms with Crippen molar-refractivity contribution in [2.24, 2.45) is 11.1 Å². The number of rotatable bonds is 2. The molecule has 0 bridgehead atoms. The molecule has 27 heavy (non-hydrogen) atoms. The highest BCUT2D eigenvalue weighted by Gasteiger charge is 2.40. The molecule has 0 spiro atoms. The summed E-state index contributed by atoms with van der Waals surface area (Å²) in [6.45, 7) is 0. The van der Waals surface area contributed by atoms with Gasteiger partial charge in [-0.3, -0.25) is 0 Å². The normalized spacial score (nSPS) is 23.6. The third-order valence-corrected chi connectivity index (χ3v) is 6.75. The molecule has 3 aromatic rings. The summed E-state index contributed by atoms with van der Waals surface area (Å²) in [7, 11) is -3.81. The highest BCUT2D eigenvalue weighted by atomic mass is 32.2. The molecule has 1 aliphatic carbocycles. The van der Waals surface area contributed by atoms with Gasteiger partial charge in [-0.1, -0.05) is 30.3 Å². The molecular weight excluding hydrogens is 362 g/mol. The highest BCUT2D eigenvalue weighted by Crippen LogP contribution is 2.49. The van der Waals surface area contributed by atoms with Crippen molar-refractivity contribution >= 4 is 10.0 Å². The molecule has 0 radical (unpaired) electrons. The topological polar surface area (TPSA) is 98.2 Å². The Hall–Kier alpha value is -2.48. The number of fused-ring (bicyclic) bond motifs is 4. The van der Waals surface area contributed by atoms with Crippen LogP contribution in [0.5, 0.6) is 0 Å². The van der Waals surface area contributed by atoms with Crippen LogP contribution in [0.1, 0.15) is 35.3 Å². The Kier molecular flexibility index (Phi) is 3.56. The second-order valence-corrected chi connectivity index (χ2v) is 8.83. The first-order chi connectivity index (χ1) is 12.9. The molecule has 3 atom stereocenters. The fourth-order valence-electron chi connectivity index (χ4n) is 4.60. The van der Waals surface area contributed by atoms with Gasteiger partial charge in [0.1, 0.15) is 0 Å². The summed E-state index contributed by atoms with van der Waals surface area (Å²) in [6.07, 6.45) is 4.47. The molecule has 1 aliphatic heterocycles. The first-order valence-electron chi connectivity index (χ1n) is 8.90. The van der Waals surface area contributed by atoms with E-state index in [0.29, 0.717) is 5.56 Å². The number of benzene rings is 2. The van der Waals surface area contributed by atoms with Crippen molar-refractivity contribution in [3.05, 3.63) is 71.7 Å². The fraction of sp³-hybridized carbons (Fsp3) is 0.250. The van der Waals surface area contributed by atoms with Crippen LogP contribution in [0.2, 0.25) is 0 Å². The number of imidazole rings is 1. The highest BCUT2D eigenvalue weighted by molar-refractivity contribution is 7.89. The van der Waals surface area contributed by atoms with Gasteiger partial charge in [-0.25, -0.2) is 18.5 Å². The summed E-state index contributed by atoms with van der Waals surface area (Å²) in [6, 6.07) is 13.0. The van der Waals surface area contributed by atoms with Gasteiger partial charge in [-0.15, -0.1) is 0 Å². The molecule has 138 valence electrons.